The number of para-hydroxylation sites is 1. The largest absolute Gasteiger partial charge is 0.457 e. The Kier molecular flexibility index (Phi) is 5.24. The minimum atomic E-state index is -0.785. The van der Waals surface area contributed by atoms with E-state index in [1.807, 2.05) is 30.3 Å². The zero-order valence-electron chi connectivity index (χ0n) is 14.1. The SMILES string of the molecule is Cc1cccc(NC(=O)C(=O)Nc2ccc(Oc3ccccc3)cc2)n1. The van der Waals surface area contributed by atoms with Crippen molar-refractivity contribution in [3.8, 4) is 11.5 Å². The van der Waals surface area contributed by atoms with Gasteiger partial charge in [-0.3, -0.25) is 9.59 Å². The van der Waals surface area contributed by atoms with Gasteiger partial charge in [0, 0.05) is 11.4 Å². The number of hydrogen-bond acceptors (Lipinski definition) is 4. The molecule has 26 heavy (non-hydrogen) atoms. The van der Waals surface area contributed by atoms with Gasteiger partial charge in [0.2, 0.25) is 0 Å². The molecule has 2 amide bonds. The van der Waals surface area contributed by atoms with Gasteiger partial charge in [0.15, 0.2) is 0 Å². The van der Waals surface area contributed by atoms with E-state index in [0.717, 1.165) is 5.69 Å². The normalized spacial score (nSPS) is 10.0. The molecule has 2 N–H and O–H groups in total. The van der Waals surface area contributed by atoms with Crippen molar-refractivity contribution in [2.45, 2.75) is 6.92 Å². The summed E-state index contributed by atoms with van der Waals surface area (Å²) in [6.07, 6.45) is 0. The van der Waals surface area contributed by atoms with Gasteiger partial charge in [0.25, 0.3) is 0 Å². The number of nitrogens with one attached hydrogen (secondary N) is 2. The van der Waals surface area contributed by atoms with Crippen molar-refractivity contribution in [3.05, 3.63) is 78.5 Å². The summed E-state index contributed by atoms with van der Waals surface area (Å²) in [6, 6.07) is 21.3. The number of anilines is 2. The van der Waals surface area contributed by atoms with E-state index in [9.17, 15) is 9.59 Å². The van der Waals surface area contributed by atoms with Crippen LogP contribution < -0.4 is 15.4 Å². The van der Waals surface area contributed by atoms with E-state index >= 15 is 0 Å². The van der Waals surface area contributed by atoms with E-state index in [1.165, 1.54) is 0 Å². The molecule has 2 aromatic carbocycles. The maximum absolute atomic E-state index is 12.0. The number of ether oxygens (including phenoxy) is 1. The number of pyridine rings is 1. The maximum Gasteiger partial charge on any atom is 0.315 e. The molecular weight excluding hydrogens is 330 g/mol. The van der Waals surface area contributed by atoms with Crippen LogP contribution in [-0.2, 0) is 9.59 Å². The first-order valence-corrected chi connectivity index (χ1v) is 7.99. The van der Waals surface area contributed by atoms with Gasteiger partial charge >= 0.3 is 11.8 Å². The molecule has 0 atom stereocenters. The van der Waals surface area contributed by atoms with Crippen molar-refractivity contribution in [1.29, 1.82) is 0 Å². The minimum Gasteiger partial charge on any atom is -0.457 e. The van der Waals surface area contributed by atoms with Crippen LogP contribution in [0.1, 0.15) is 5.69 Å². The quantitative estimate of drug-likeness (QED) is 0.704. The molecule has 0 aliphatic carbocycles. The Morgan fingerprint density at radius 1 is 0.769 bits per heavy atom. The zero-order chi connectivity index (χ0) is 18.4. The number of carbonyl (C=O) groups is 2. The van der Waals surface area contributed by atoms with E-state index in [4.69, 9.17) is 4.74 Å². The van der Waals surface area contributed by atoms with Crippen LogP contribution in [0.25, 0.3) is 0 Å². The summed E-state index contributed by atoms with van der Waals surface area (Å²) in [5, 5.41) is 4.99. The molecule has 0 saturated heterocycles. The lowest BCUT2D eigenvalue weighted by Gasteiger charge is -2.08. The number of aryl methyl sites for hydroxylation is 1. The van der Waals surface area contributed by atoms with Gasteiger partial charge in [0.1, 0.15) is 17.3 Å². The topological polar surface area (TPSA) is 80.3 Å². The number of rotatable bonds is 4. The summed E-state index contributed by atoms with van der Waals surface area (Å²) in [4.78, 5) is 28.1. The average Bonchev–Trinajstić information content (AvgIpc) is 2.64. The molecular formula is C20H17N3O3. The summed E-state index contributed by atoms with van der Waals surface area (Å²) in [6.45, 7) is 1.80. The molecule has 130 valence electrons. The second kappa shape index (κ2) is 7.94. The molecule has 3 aromatic rings. The van der Waals surface area contributed by atoms with Gasteiger partial charge in [-0.25, -0.2) is 4.98 Å². The van der Waals surface area contributed by atoms with Gasteiger partial charge < -0.3 is 15.4 Å². The van der Waals surface area contributed by atoms with Gasteiger partial charge in [-0.05, 0) is 55.5 Å². The van der Waals surface area contributed by atoms with Crippen molar-refractivity contribution in [3.63, 3.8) is 0 Å². The third kappa shape index (κ3) is 4.67. The summed E-state index contributed by atoms with van der Waals surface area (Å²) in [7, 11) is 0. The Morgan fingerprint density at radius 2 is 1.42 bits per heavy atom. The maximum atomic E-state index is 12.0. The molecule has 6 nitrogen and oxygen atoms in total. The number of benzene rings is 2. The van der Waals surface area contributed by atoms with Crippen molar-refractivity contribution in [2.75, 3.05) is 10.6 Å². The fourth-order valence-corrected chi connectivity index (χ4v) is 2.20. The Labute approximate surface area is 150 Å². The van der Waals surface area contributed by atoms with E-state index in [2.05, 4.69) is 15.6 Å². The second-order valence-electron chi connectivity index (χ2n) is 5.51. The number of hydrogen-bond donors (Lipinski definition) is 2. The van der Waals surface area contributed by atoms with Crippen LogP contribution in [0.5, 0.6) is 11.5 Å². The molecule has 1 aromatic heterocycles. The third-order valence-electron chi connectivity index (χ3n) is 3.43. The van der Waals surface area contributed by atoms with Crippen LogP contribution in [0.15, 0.2) is 72.8 Å². The second-order valence-corrected chi connectivity index (χ2v) is 5.51. The molecule has 0 fully saturated rings. The van der Waals surface area contributed by atoms with Crippen LogP contribution in [0.4, 0.5) is 11.5 Å². The summed E-state index contributed by atoms with van der Waals surface area (Å²) in [5.41, 5.74) is 1.24. The number of aromatic nitrogens is 1. The standard InChI is InChI=1S/C20H17N3O3/c1-14-6-5-9-18(21-14)23-20(25)19(24)22-15-10-12-17(13-11-15)26-16-7-3-2-4-8-16/h2-13H,1H3,(H,22,24)(H,21,23,25). The molecule has 3 rings (SSSR count). The highest BCUT2D eigenvalue weighted by Crippen LogP contribution is 2.22. The number of carbonyl (C=O) groups excluding carboxylic acids is 2. The van der Waals surface area contributed by atoms with Crippen LogP contribution >= 0.6 is 0 Å². The predicted molar refractivity (Wildman–Crippen MR) is 99.2 cm³/mol. The van der Waals surface area contributed by atoms with Crippen molar-refractivity contribution in [2.24, 2.45) is 0 Å². The Balaban J connectivity index is 1.58. The highest BCUT2D eigenvalue weighted by Gasteiger charge is 2.14. The molecule has 0 saturated carbocycles. The van der Waals surface area contributed by atoms with Gasteiger partial charge in [-0.15, -0.1) is 0 Å². The van der Waals surface area contributed by atoms with Gasteiger partial charge in [0.05, 0.1) is 0 Å². The van der Waals surface area contributed by atoms with Crippen LogP contribution in [0.3, 0.4) is 0 Å². The molecule has 0 radical (unpaired) electrons. The predicted octanol–water partition coefficient (Wildman–Crippen LogP) is 3.76. The van der Waals surface area contributed by atoms with Crippen molar-refractivity contribution < 1.29 is 14.3 Å². The van der Waals surface area contributed by atoms with E-state index in [-0.39, 0.29) is 0 Å². The molecule has 0 spiro atoms. The van der Waals surface area contributed by atoms with Gasteiger partial charge in [-0.1, -0.05) is 24.3 Å². The first-order valence-electron chi connectivity index (χ1n) is 7.99. The monoisotopic (exact) mass is 347 g/mol. The number of amides is 2. The highest BCUT2D eigenvalue weighted by molar-refractivity contribution is 6.43. The van der Waals surface area contributed by atoms with E-state index in [1.54, 1.807) is 49.4 Å². The number of nitrogens with zero attached hydrogens (tertiary/aromatic N) is 1. The average molecular weight is 347 g/mol. The van der Waals surface area contributed by atoms with E-state index < -0.39 is 11.8 Å². The smallest absolute Gasteiger partial charge is 0.315 e. The first-order chi connectivity index (χ1) is 12.6. The fourth-order valence-electron chi connectivity index (χ4n) is 2.20. The molecule has 0 bridgehead atoms. The highest BCUT2D eigenvalue weighted by atomic mass is 16.5. The minimum absolute atomic E-state index is 0.330. The Hall–Kier alpha value is -3.67. The summed E-state index contributed by atoms with van der Waals surface area (Å²) in [5.74, 6) is 0.117. The third-order valence-corrected chi connectivity index (χ3v) is 3.43. The summed E-state index contributed by atoms with van der Waals surface area (Å²) < 4.78 is 5.68. The lowest BCUT2D eigenvalue weighted by atomic mass is 10.3. The van der Waals surface area contributed by atoms with E-state index in [0.29, 0.717) is 23.0 Å². The zero-order valence-corrected chi connectivity index (χ0v) is 14.1. The molecule has 6 heteroatoms. The van der Waals surface area contributed by atoms with Crippen LogP contribution in [0, 0.1) is 6.92 Å². The molecule has 0 aliphatic rings. The first kappa shape index (κ1) is 17.2. The van der Waals surface area contributed by atoms with Crippen LogP contribution in [-0.4, -0.2) is 16.8 Å². The lowest BCUT2D eigenvalue weighted by Crippen LogP contribution is -2.29. The van der Waals surface area contributed by atoms with Gasteiger partial charge in [-0.2, -0.15) is 0 Å². The summed E-state index contributed by atoms with van der Waals surface area (Å²) >= 11 is 0. The molecule has 1 heterocycles. The van der Waals surface area contributed by atoms with Crippen LogP contribution in [0.2, 0.25) is 0 Å². The molecule has 0 unspecified atom stereocenters. The fraction of sp³-hybridized carbons (Fsp3) is 0.0500. The van der Waals surface area contributed by atoms with Crippen molar-refractivity contribution >= 4 is 23.3 Å². The Morgan fingerprint density at radius 3 is 2.12 bits per heavy atom. The Bertz CT molecular complexity index is 909. The van der Waals surface area contributed by atoms with Crippen molar-refractivity contribution in [1.82, 2.24) is 4.98 Å². The molecule has 0 aliphatic heterocycles. The lowest BCUT2D eigenvalue weighted by molar-refractivity contribution is -0.133.